The van der Waals surface area contributed by atoms with Crippen molar-refractivity contribution < 1.29 is 30.7 Å². The minimum absolute atomic E-state index is 0.0355. The van der Waals surface area contributed by atoms with Gasteiger partial charge in [0.05, 0.1) is 5.41 Å². The van der Waals surface area contributed by atoms with Crippen LogP contribution in [-0.2, 0) is 25.0 Å². The molecule has 0 amide bonds. The molecule has 2 atom stereocenters. The maximum absolute atomic E-state index is 12.2. The number of ketones is 1. The highest BCUT2D eigenvalue weighted by molar-refractivity contribution is 8.04. The summed E-state index contributed by atoms with van der Waals surface area (Å²) in [6.07, 6.45) is 0.614. The first-order chi connectivity index (χ1) is 8.35. The Balaban J connectivity index is 2.76. The summed E-state index contributed by atoms with van der Waals surface area (Å²) < 4.78 is 61.7. The summed E-state index contributed by atoms with van der Waals surface area (Å²) >= 11 is 0. The Kier molecular flexibility index (Phi) is 2.96. The summed E-state index contributed by atoms with van der Waals surface area (Å²) in [4.78, 5) is 12.2. The van der Waals surface area contributed by atoms with Crippen LogP contribution in [0.15, 0.2) is 0 Å². The van der Waals surface area contributed by atoms with Gasteiger partial charge in [-0.25, -0.2) is 0 Å². The number of hydrogen-bond donors (Lipinski definition) is 2. The first-order valence-electron chi connectivity index (χ1n) is 5.81. The molecule has 2 N–H and O–H groups in total. The third-order valence-corrected chi connectivity index (χ3v) is 8.28. The molecule has 9 heteroatoms. The van der Waals surface area contributed by atoms with Gasteiger partial charge in [0.1, 0.15) is 5.78 Å². The monoisotopic (exact) mass is 312 g/mol. The van der Waals surface area contributed by atoms with E-state index in [-0.39, 0.29) is 18.8 Å². The topological polar surface area (TPSA) is 126 Å². The average molecular weight is 312 g/mol. The summed E-state index contributed by atoms with van der Waals surface area (Å²) in [5.41, 5.74) is -2.67. The minimum atomic E-state index is -5.11. The first-order valence-corrected chi connectivity index (χ1v) is 8.81. The summed E-state index contributed by atoms with van der Waals surface area (Å²) in [5.74, 6) is -0.653. The van der Waals surface area contributed by atoms with Crippen molar-refractivity contribution in [3.63, 3.8) is 0 Å². The second-order valence-electron chi connectivity index (χ2n) is 5.92. The number of fused-ring (bicyclic) bond motifs is 2. The van der Waals surface area contributed by atoms with Crippen LogP contribution >= 0.6 is 0 Å². The fourth-order valence-electron chi connectivity index (χ4n) is 3.93. The van der Waals surface area contributed by atoms with Crippen LogP contribution in [0.5, 0.6) is 0 Å². The van der Waals surface area contributed by atoms with Crippen LogP contribution in [0, 0.1) is 16.7 Å². The van der Waals surface area contributed by atoms with Gasteiger partial charge in [-0.1, -0.05) is 13.8 Å². The van der Waals surface area contributed by atoms with Crippen molar-refractivity contribution in [3.05, 3.63) is 0 Å². The van der Waals surface area contributed by atoms with E-state index in [1.165, 1.54) is 0 Å². The van der Waals surface area contributed by atoms with Gasteiger partial charge in [0.2, 0.25) is 4.58 Å². The molecule has 0 aromatic rings. The smallest absolute Gasteiger partial charge is 0.285 e. The van der Waals surface area contributed by atoms with Gasteiger partial charge in [0, 0.05) is 6.42 Å². The van der Waals surface area contributed by atoms with E-state index >= 15 is 0 Å². The second-order valence-corrected chi connectivity index (χ2v) is 9.22. The van der Waals surface area contributed by atoms with Crippen LogP contribution in [0.1, 0.15) is 33.1 Å². The Hall–Kier alpha value is -0.510. The van der Waals surface area contributed by atoms with Gasteiger partial charge in [-0.05, 0) is 24.2 Å². The molecular weight excluding hydrogens is 296 g/mol. The molecule has 19 heavy (non-hydrogen) atoms. The Morgan fingerprint density at radius 2 is 1.63 bits per heavy atom. The van der Waals surface area contributed by atoms with E-state index in [2.05, 4.69) is 0 Å². The van der Waals surface area contributed by atoms with Crippen LogP contribution in [0.2, 0.25) is 0 Å². The highest BCUT2D eigenvalue weighted by atomic mass is 32.3. The lowest BCUT2D eigenvalue weighted by Gasteiger charge is -2.39. The van der Waals surface area contributed by atoms with E-state index in [4.69, 9.17) is 0 Å². The fourth-order valence-corrected chi connectivity index (χ4v) is 7.28. The molecule has 2 saturated carbocycles. The van der Waals surface area contributed by atoms with Gasteiger partial charge in [0.15, 0.2) is 0 Å². The van der Waals surface area contributed by atoms with Crippen LogP contribution in [0.4, 0.5) is 0 Å². The minimum Gasteiger partial charge on any atom is -0.299 e. The highest BCUT2D eigenvalue weighted by Gasteiger charge is 2.72. The lowest BCUT2D eigenvalue weighted by atomic mass is 9.70. The van der Waals surface area contributed by atoms with Crippen molar-refractivity contribution in [2.75, 3.05) is 0 Å². The number of carbonyl (C=O) groups excluding carboxylic acids is 1. The van der Waals surface area contributed by atoms with Gasteiger partial charge in [0.25, 0.3) is 20.2 Å². The third kappa shape index (κ3) is 1.78. The van der Waals surface area contributed by atoms with E-state index in [1.807, 2.05) is 0 Å². The predicted octanol–water partition coefficient (Wildman–Crippen LogP) is 0.484. The van der Waals surface area contributed by atoms with Crippen molar-refractivity contribution in [1.29, 1.82) is 0 Å². The quantitative estimate of drug-likeness (QED) is 0.726. The SMILES string of the molecule is CC1(C)[C@@H]2CC[C@@]1(C(S(=O)(=O)O)S(=O)(=O)O)C(=O)C2. The zero-order chi connectivity index (χ0) is 14.9. The third-order valence-electron chi connectivity index (χ3n) is 4.93. The lowest BCUT2D eigenvalue weighted by molar-refractivity contribution is -0.128. The van der Waals surface area contributed by atoms with E-state index in [0.717, 1.165) is 0 Å². The predicted molar refractivity (Wildman–Crippen MR) is 65.4 cm³/mol. The molecular formula is C10H16O7S2. The largest absolute Gasteiger partial charge is 0.299 e. The van der Waals surface area contributed by atoms with Crippen molar-refractivity contribution in [1.82, 2.24) is 0 Å². The summed E-state index contributed by atoms with van der Waals surface area (Å²) in [7, 11) is -10.2. The van der Waals surface area contributed by atoms with Crippen LogP contribution in [-0.4, -0.2) is 36.3 Å². The van der Waals surface area contributed by atoms with Crippen molar-refractivity contribution in [3.8, 4) is 0 Å². The molecule has 2 rings (SSSR count). The molecule has 7 nitrogen and oxygen atoms in total. The summed E-state index contributed by atoms with van der Waals surface area (Å²) in [6.45, 7) is 3.22. The van der Waals surface area contributed by atoms with E-state index < -0.39 is 41.4 Å². The molecule has 0 spiro atoms. The molecule has 2 aliphatic carbocycles. The molecule has 0 unspecified atom stereocenters. The molecule has 0 radical (unpaired) electrons. The van der Waals surface area contributed by atoms with Crippen LogP contribution in [0.25, 0.3) is 0 Å². The second kappa shape index (κ2) is 3.78. The van der Waals surface area contributed by atoms with Gasteiger partial charge in [-0.2, -0.15) is 16.8 Å². The number of Topliss-reactive ketones (excluding diaryl/α,β-unsaturated/α-hetero) is 1. The number of rotatable bonds is 3. The average Bonchev–Trinajstić information content (AvgIpc) is 2.46. The molecule has 0 heterocycles. The molecule has 110 valence electrons. The van der Waals surface area contributed by atoms with Gasteiger partial charge in [-0.3, -0.25) is 13.9 Å². The van der Waals surface area contributed by atoms with Crippen LogP contribution in [0.3, 0.4) is 0 Å². The van der Waals surface area contributed by atoms with Crippen LogP contribution < -0.4 is 0 Å². The van der Waals surface area contributed by atoms with Crippen molar-refractivity contribution >= 4 is 26.0 Å². The number of carbonyl (C=O) groups is 1. The highest BCUT2D eigenvalue weighted by Crippen LogP contribution is 2.66. The first kappa shape index (κ1) is 14.9. The Bertz CT molecular complexity index is 599. The maximum atomic E-state index is 12.2. The van der Waals surface area contributed by atoms with Crippen molar-refractivity contribution in [2.24, 2.45) is 16.7 Å². The van der Waals surface area contributed by atoms with Crippen molar-refractivity contribution in [2.45, 2.75) is 37.7 Å². The van der Waals surface area contributed by atoms with Gasteiger partial charge >= 0.3 is 0 Å². The fraction of sp³-hybridized carbons (Fsp3) is 0.900. The molecule has 2 bridgehead atoms. The molecule has 0 aromatic carbocycles. The van der Waals surface area contributed by atoms with E-state index in [0.29, 0.717) is 6.42 Å². The molecule has 0 aromatic heterocycles. The Labute approximate surface area is 111 Å². The molecule has 0 aliphatic heterocycles. The molecule has 2 aliphatic rings. The van der Waals surface area contributed by atoms with Gasteiger partial charge < -0.3 is 0 Å². The molecule has 2 fully saturated rings. The summed E-state index contributed by atoms with van der Waals surface area (Å²) in [6, 6.07) is 0. The van der Waals surface area contributed by atoms with E-state index in [1.54, 1.807) is 13.8 Å². The lowest BCUT2D eigenvalue weighted by Crippen LogP contribution is -2.53. The Morgan fingerprint density at radius 1 is 1.16 bits per heavy atom. The standard InChI is InChI=1S/C10H16O7S2/c1-9(2)6-3-4-10(9,7(11)5-6)8(18(12,13)14)19(15,16)17/h6,8H,3-5H2,1-2H3,(H,12,13,14)(H,15,16,17)/t6-,10+/m1/s1. The summed E-state index contributed by atoms with van der Waals surface area (Å²) in [5, 5.41) is 0. The Morgan fingerprint density at radius 3 is 1.89 bits per heavy atom. The van der Waals surface area contributed by atoms with Gasteiger partial charge in [-0.15, -0.1) is 0 Å². The normalized spacial score (nSPS) is 34.2. The van der Waals surface area contributed by atoms with E-state index in [9.17, 15) is 30.7 Å². The number of hydrogen-bond acceptors (Lipinski definition) is 5. The zero-order valence-electron chi connectivity index (χ0n) is 10.5. The maximum Gasteiger partial charge on any atom is 0.285 e. The molecule has 0 saturated heterocycles. The zero-order valence-corrected chi connectivity index (χ0v) is 12.2.